The number of aromatic amines is 1. The molecule has 0 aliphatic carbocycles. The Balaban J connectivity index is 2.25. The average Bonchev–Trinajstić information content (AvgIpc) is 2.97. The van der Waals surface area contributed by atoms with Crippen LogP contribution in [0, 0.1) is 6.92 Å². The predicted octanol–water partition coefficient (Wildman–Crippen LogP) is 4.21. The molecule has 0 amide bonds. The van der Waals surface area contributed by atoms with Crippen LogP contribution in [-0.2, 0) is 0 Å². The van der Waals surface area contributed by atoms with E-state index in [1.54, 1.807) is 18.4 Å². The lowest BCUT2D eigenvalue weighted by Crippen LogP contribution is -1.81. The van der Waals surface area contributed by atoms with Crippen LogP contribution >= 0.6 is 11.3 Å². The van der Waals surface area contributed by atoms with Gasteiger partial charge in [-0.15, -0.1) is 11.3 Å². The van der Waals surface area contributed by atoms with Gasteiger partial charge in [0, 0.05) is 10.9 Å². The Morgan fingerprint density at radius 3 is 2.82 bits per heavy atom. The third kappa shape index (κ3) is 1.63. The van der Waals surface area contributed by atoms with E-state index < -0.39 is 0 Å². The largest absolute Gasteiger partial charge is 0.497 e. The van der Waals surface area contributed by atoms with Gasteiger partial charge in [-0.1, -0.05) is 6.07 Å². The lowest BCUT2D eigenvalue weighted by molar-refractivity contribution is 0.415. The van der Waals surface area contributed by atoms with Gasteiger partial charge in [0.05, 0.1) is 17.7 Å². The third-order valence-corrected chi connectivity index (χ3v) is 3.92. The molecule has 17 heavy (non-hydrogen) atoms. The summed E-state index contributed by atoms with van der Waals surface area (Å²) >= 11 is 1.75. The molecule has 0 saturated heterocycles. The fourth-order valence-electron chi connectivity index (χ4n) is 2.10. The van der Waals surface area contributed by atoms with Crippen molar-refractivity contribution in [1.82, 2.24) is 4.98 Å². The first-order chi connectivity index (χ1) is 8.29. The second-order valence-electron chi connectivity index (χ2n) is 4.01. The standard InChI is InChI=1S/C14H13NOS/c1-9-11-8-10(16-2)5-6-12(11)15-14(9)13-4-3-7-17-13/h3-8,15H,1-2H3. The normalized spacial score (nSPS) is 10.9. The van der Waals surface area contributed by atoms with E-state index in [0.29, 0.717) is 0 Å². The van der Waals surface area contributed by atoms with Gasteiger partial charge < -0.3 is 9.72 Å². The lowest BCUT2D eigenvalue weighted by Gasteiger charge is -1.99. The highest BCUT2D eigenvalue weighted by Crippen LogP contribution is 2.33. The van der Waals surface area contributed by atoms with E-state index in [9.17, 15) is 0 Å². The Morgan fingerprint density at radius 1 is 1.24 bits per heavy atom. The van der Waals surface area contributed by atoms with Gasteiger partial charge in [-0.25, -0.2) is 0 Å². The highest BCUT2D eigenvalue weighted by Gasteiger charge is 2.10. The van der Waals surface area contributed by atoms with Crippen molar-refractivity contribution in [3.8, 4) is 16.3 Å². The van der Waals surface area contributed by atoms with Crippen molar-refractivity contribution in [1.29, 1.82) is 0 Å². The summed E-state index contributed by atoms with van der Waals surface area (Å²) in [5, 5.41) is 3.33. The van der Waals surface area contributed by atoms with E-state index >= 15 is 0 Å². The summed E-state index contributed by atoms with van der Waals surface area (Å²) in [6, 6.07) is 10.3. The number of fused-ring (bicyclic) bond motifs is 1. The summed E-state index contributed by atoms with van der Waals surface area (Å²) in [6.45, 7) is 2.15. The van der Waals surface area contributed by atoms with Gasteiger partial charge in [0.15, 0.2) is 0 Å². The zero-order chi connectivity index (χ0) is 11.8. The molecule has 1 N–H and O–H groups in total. The van der Waals surface area contributed by atoms with E-state index in [1.165, 1.54) is 21.5 Å². The van der Waals surface area contributed by atoms with E-state index in [-0.39, 0.29) is 0 Å². The number of thiophene rings is 1. The topological polar surface area (TPSA) is 25.0 Å². The molecule has 0 atom stereocenters. The molecule has 0 radical (unpaired) electrons. The first-order valence-electron chi connectivity index (χ1n) is 5.50. The molecule has 86 valence electrons. The number of hydrogen-bond donors (Lipinski definition) is 1. The highest BCUT2D eigenvalue weighted by molar-refractivity contribution is 7.13. The van der Waals surface area contributed by atoms with Crippen molar-refractivity contribution in [2.45, 2.75) is 6.92 Å². The maximum atomic E-state index is 5.27. The fraction of sp³-hybridized carbons (Fsp3) is 0.143. The molecule has 3 aromatic rings. The van der Waals surface area contributed by atoms with Crippen molar-refractivity contribution < 1.29 is 4.74 Å². The van der Waals surface area contributed by atoms with Crippen molar-refractivity contribution in [2.24, 2.45) is 0 Å². The monoisotopic (exact) mass is 243 g/mol. The molecule has 0 unspecified atom stereocenters. The number of aryl methyl sites for hydroxylation is 1. The smallest absolute Gasteiger partial charge is 0.119 e. The van der Waals surface area contributed by atoms with E-state index in [2.05, 4.69) is 41.6 Å². The number of nitrogens with one attached hydrogen (secondary N) is 1. The summed E-state index contributed by atoms with van der Waals surface area (Å²) in [4.78, 5) is 4.75. The number of rotatable bonds is 2. The first kappa shape index (κ1) is 10.4. The fourth-order valence-corrected chi connectivity index (χ4v) is 2.88. The first-order valence-corrected chi connectivity index (χ1v) is 6.38. The van der Waals surface area contributed by atoms with Gasteiger partial charge in [-0.05, 0) is 42.1 Å². The van der Waals surface area contributed by atoms with Gasteiger partial charge in [0.1, 0.15) is 5.75 Å². The SMILES string of the molecule is COc1ccc2[nH]c(-c3cccs3)c(C)c2c1. The van der Waals surface area contributed by atoms with Crippen molar-refractivity contribution >= 4 is 22.2 Å². The number of benzene rings is 1. The van der Waals surface area contributed by atoms with Crippen LogP contribution in [0.4, 0.5) is 0 Å². The van der Waals surface area contributed by atoms with E-state index in [0.717, 1.165) is 11.3 Å². The summed E-state index contributed by atoms with van der Waals surface area (Å²) in [7, 11) is 1.70. The lowest BCUT2D eigenvalue weighted by atomic mass is 10.1. The summed E-state index contributed by atoms with van der Waals surface area (Å²) < 4.78 is 5.27. The van der Waals surface area contributed by atoms with E-state index in [4.69, 9.17) is 4.74 Å². The Kier molecular flexibility index (Phi) is 2.41. The minimum absolute atomic E-state index is 0.900. The van der Waals surface area contributed by atoms with Crippen LogP contribution in [0.3, 0.4) is 0 Å². The van der Waals surface area contributed by atoms with Gasteiger partial charge in [-0.2, -0.15) is 0 Å². The molecule has 2 nitrogen and oxygen atoms in total. The van der Waals surface area contributed by atoms with Gasteiger partial charge in [0.2, 0.25) is 0 Å². The van der Waals surface area contributed by atoms with Gasteiger partial charge in [-0.3, -0.25) is 0 Å². The Bertz CT molecular complexity index is 652. The molecule has 2 aromatic heterocycles. The molecular weight excluding hydrogens is 230 g/mol. The highest BCUT2D eigenvalue weighted by atomic mass is 32.1. The molecule has 0 aliphatic rings. The van der Waals surface area contributed by atoms with E-state index in [1.807, 2.05) is 6.07 Å². The van der Waals surface area contributed by atoms with Crippen LogP contribution in [-0.4, -0.2) is 12.1 Å². The second kappa shape index (κ2) is 3.93. The predicted molar refractivity (Wildman–Crippen MR) is 72.9 cm³/mol. The zero-order valence-corrected chi connectivity index (χ0v) is 10.6. The molecule has 0 spiro atoms. The molecule has 2 heterocycles. The minimum Gasteiger partial charge on any atom is -0.497 e. The van der Waals surface area contributed by atoms with Crippen LogP contribution in [0.1, 0.15) is 5.56 Å². The average molecular weight is 243 g/mol. The third-order valence-electron chi connectivity index (χ3n) is 3.03. The van der Waals surface area contributed by atoms with Crippen LogP contribution in [0.5, 0.6) is 5.75 Å². The maximum Gasteiger partial charge on any atom is 0.119 e. The number of ether oxygens (including phenoxy) is 1. The number of H-pyrrole nitrogens is 1. The molecule has 0 fully saturated rings. The number of methoxy groups -OCH3 is 1. The number of hydrogen-bond acceptors (Lipinski definition) is 2. The molecule has 1 aromatic carbocycles. The minimum atomic E-state index is 0.900. The summed E-state index contributed by atoms with van der Waals surface area (Å²) in [5.74, 6) is 0.900. The molecule has 0 aliphatic heterocycles. The summed E-state index contributed by atoms with van der Waals surface area (Å²) in [6.07, 6.45) is 0. The molecule has 3 rings (SSSR count). The Labute approximate surface area is 104 Å². The Hall–Kier alpha value is -1.74. The van der Waals surface area contributed by atoms with Crippen molar-refractivity contribution in [3.05, 3.63) is 41.3 Å². The Morgan fingerprint density at radius 2 is 2.12 bits per heavy atom. The quantitative estimate of drug-likeness (QED) is 0.716. The van der Waals surface area contributed by atoms with Gasteiger partial charge in [0.25, 0.3) is 0 Å². The van der Waals surface area contributed by atoms with Crippen LogP contribution < -0.4 is 4.74 Å². The summed E-state index contributed by atoms with van der Waals surface area (Å²) in [5.41, 5.74) is 3.65. The zero-order valence-electron chi connectivity index (χ0n) is 9.78. The van der Waals surface area contributed by atoms with Crippen molar-refractivity contribution in [3.63, 3.8) is 0 Å². The maximum absolute atomic E-state index is 5.27. The molecule has 0 bridgehead atoms. The van der Waals surface area contributed by atoms with Crippen molar-refractivity contribution in [2.75, 3.05) is 7.11 Å². The molecule has 3 heteroatoms. The molecule has 0 saturated carbocycles. The van der Waals surface area contributed by atoms with Crippen LogP contribution in [0.25, 0.3) is 21.5 Å². The van der Waals surface area contributed by atoms with Crippen LogP contribution in [0.15, 0.2) is 35.7 Å². The molecular formula is C14H13NOS. The number of aromatic nitrogens is 1. The second-order valence-corrected chi connectivity index (χ2v) is 4.96. The van der Waals surface area contributed by atoms with Crippen LogP contribution in [0.2, 0.25) is 0 Å². The van der Waals surface area contributed by atoms with Gasteiger partial charge >= 0.3 is 0 Å².